The van der Waals surface area contributed by atoms with E-state index in [1.165, 1.54) is 0 Å². The monoisotopic (exact) mass is 369 g/mol. The molecule has 142 valence electrons. The summed E-state index contributed by atoms with van der Waals surface area (Å²) in [5, 5.41) is 0. The fraction of sp³-hybridized carbons (Fsp3) is 0.421. The zero-order chi connectivity index (χ0) is 18.6. The number of ether oxygens (including phenoxy) is 2. The van der Waals surface area contributed by atoms with Crippen molar-refractivity contribution in [3.63, 3.8) is 0 Å². The van der Waals surface area contributed by atoms with Crippen LogP contribution in [0.4, 0.5) is 0 Å². The molecule has 0 atom stereocenters. The predicted molar refractivity (Wildman–Crippen MR) is 102 cm³/mol. The lowest BCUT2D eigenvalue weighted by molar-refractivity contribution is 0.0369. The summed E-state index contributed by atoms with van der Waals surface area (Å²) in [5.74, 6) is 0.725. The molecule has 1 N–H and O–H groups in total. The molecule has 1 aromatic carbocycles. The van der Waals surface area contributed by atoms with Gasteiger partial charge in [0.05, 0.1) is 32.2 Å². The van der Waals surface area contributed by atoms with E-state index in [4.69, 9.17) is 14.5 Å². The highest BCUT2D eigenvalue weighted by Gasteiger charge is 2.14. The van der Waals surface area contributed by atoms with Crippen LogP contribution < -0.4 is 10.4 Å². The summed E-state index contributed by atoms with van der Waals surface area (Å²) in [6.45, 7) is 4.98. The number of methoxy groups -OCH3 is 1. The number of imidazole rings is 1. The fourth-order valence-corrected chi connectivity index (χ4v) is 3.39. The van der Waals surface area contributed by atoms with Crippen molar-refractivity contribution in [1.82, 2.24) is 24.4 Å². The maximum atomic E-state index is 12.4. The van der Waals surface area contributed by atoms with E-state index >= 15 is 0 Å². The van der Waals surface area contributed by atoms with Crippen LogP contribution in [-0.2, 0) is 11.3 Å². The van der Waals surface area contributed by atoms with Crippen LogP contribution in [0, 0.1) is 0 Å². The molecule has 3 aromatic rings. The molecule has 3 heterocycles. The van der Waals surface area contributed by atoms with Gasteiger partial charge in [-0.1, -0.05) is 12.1 Å². The van der Waals surface area contributed by atoms with Crippen molar-refractivity contribution in [3.05, 3.63) is 40.9 Å². The van der Waals surface area contributed by atoms with Crippen LogP contribution in [0.5, 0.6) is 5.75 Å². The summed E-state index contributed by atoms with van der Waals surface area (Å²) in [6.07, 6.45) is 2.53. The minimum absolute atomic E-state index is 0.177. The summed E-state index contributed by atoms with van der Waals surface area (Å²) in [4.78, 5) is 26.6. The highest BCUT2D eigenvalue weighted by molar-refractivity contribution is 5.73. The van der Waals surface area contributed by atoms with E-state index in [1.54, 1.807) is 17.9 Å². The van der Waals surface area contributed by atoms with Gasteiger partial charge in [-0.2, -0.15) is 0 Å². The average molecular weight is 369 g/mol. The lowest BCUT2D eigenvalue weighted by Crippen LogP contribution is -2.37. The van der Waals surface area contributed by atoms with Gasteiger partial charge in [0.15, 0.2) is 11.3 Å². The normalized spacial score (nSPS) is 15.3. The Bertz CT molecular complexity index is 975. The number of aryl methyl sites for hydroxylation is 1. The van der Waals surface area contributed by atoms with Crippen LogP contribution in [0.15, 0.2) is 35.3 Å². The molecule has 4 rings (SSSR count). The lowest BCUT2D eigenvalue weighted by Gasteiger charge is -2.26. The molecule has 1 saturated heterocycles. The van der Waals surface area contributed by atoms with Gasteiger partial charge in [0.2, 0.25) is 0 Å². The molecule has 0 saturated carbocycles. The summed E-state index contributed by atoms with van der Waals surface area (Å²) in [6, 6.07) is 7.65. The van der Waals surface area contributed by atoms with Crippen molar-refractivity contribution in [2.75, 3.05) is 40.0 Å². The zero-order valence-electron chi connectivity index (χ0n) is 15.4. The first-order valence-electron chi connectivity index (χ1n) is 9.15. The standard InChI is InChI=1S/C19H23N5O3/c1-26-16-6-3-2-5-14(16)15-13-20-17-18(21-15)24(19(25)22-17)8-4-7-23-9-11-27-12-10-23/h2-3,5-6,13H,4,7-12H2,1H3,(H,20,22,25). The number of aromatic amines is 1. The molecule has 1 fully saturated rings. The summed E-state index contributed by atoms with van der Waals surface area (Å²) in [5.41, 5.74) is 2.43. The van der Waals surface area contributed by atoms with E-state index in [0.29, 0.717) is 23.5 Å². The number of rotatable bonds is 6. The number of H-pyrrole nitrogens is 1. The van der Waals surface area contributed by atoms with Crippen molar-refractivity contribution in [2.45, 2.75) is 13.0 Å². The van der Waals surface area contributed by atoms with Crippen LogP contribution in [0.3, 0.4) is 0 Å². The molecule has 1 aliphatic heterocycles. The van der Waals surface area contributed by atoms with Gasteiger partial charge in [-0.15, -0.1) is 0 Å². The number of para-hydroxylation sites is 1. The molecule has 0 amide bonds. The SMILES string of the molecule is COc1ccccc1-c1cnc2[nH]c(=O)n(CCCN3CCOCC3)c2n1. The Balaban J connectivity index is 1.59. The minimum atomic E-state index is -0.177. The maximum Gasteiger partial charge on any atom is 0.328 e. The third-order valence-corrected chi connectivity index (χ3v) is 4.82. The number of morpholine rings is 1. The summed E-state index contributed by atoms with van der Waals surface area (Å²) >= 11 is 0. The van der Waals surface area contributed by atoms with Gasteiger partial charge >= 0.3 is 5.69 Å². The second-order valence-corrected chi connectivity index (χ2v) is 6.52. The molecular formula is C19H23N5O3. The fourth-order valence-electron chi connectivity index (χ4n) is 3.39. The summed E-state index contributed by atoms with van der Waals surface area (Å²) < 4.78 is 12.5. The number of aromatic nitrogens is 4. The van der Waals surface area contributed by atoms with E-state index in [2.05, 4.69) is 14.9 Å². The maximum absolute atomic E-state index is 12.4. The van der Waals surface area contributed by atoms with Crippen LogP contribution >= 0.6 is 0 Å². The number of nitrogens with zero attached hydrogens (tertiary/aromatic N) is 4. The van der Waals surface area contributed by atoms with Gasteiger partial charge in [0, 0.05) is 31.7 Å². The smallest absolute Gasteiger partial charge is 0.328 e. The van der Waals surface area contributed by atoms with E-state index in [9.17, 15) is 4.79 Å². The van der Waals surface area contributed by atoms with E-state index in [-0.39, 0.29) is 5.69 Å². The Hall–Kier alpha value is -2.71. The van der Waals surface area contributed by atoms with Gasteiger partial charge in [0.25, 0.3) is 0 Å². The Morgan fingerprint density at radius 2 is 2.04 bits per heavy atom. The second kappa shape index (κ2) is 7.89. The Morgan fingerprint density at radius 1 is 1.22 bits per heavy atom. The molecule has 0 aliphatic carbocycles. The first-order chi connectivity index (χ1) is 13.3. The first kappa shape index (κ1) is 17.7. The lowest BCUT2D eigenvalue weighted by atomic mass is 10.1. The Kier molecular flexibility index (Phi) is 5.17. The summed E-state index contributed by atoms with van der Waals surface area (Å²) in [7, 11) is 1.63. The second-order valence-electron chi connectivity index (χ2n) is 6.52. The molecular weight excluding hydrogens is 346 g/mol. The van der Waals surface area contributed by atoms with Crippen molar-refractivity contribution in [3.8, 4) is 17.0 Å². The molecule has 1 aliphatic rings. The molecule has 8 nitrogen and oxygen atoms in total. The molecule has 0 bridgehead atoms. The van der Waals surface area contributed by atoms with Gasteiger partial charge in [-0.05, 0) is 18.6 Å². The zero-order valence-corrected chi connectivity index (χ0v) is 15.4. The molecule has 27 heavy (non-hydrogen) atoms. The molecule has 2 aromatic heterocycles. The number of hydrogen-bond donors (Lipinski definition) is 1. The largest absolute Gasteiger partial charge is 0.496 e. The molecule has 0 radical (unpaired) electrons. The van der Waals surface area contributed by atoms with Crippen molar-refractivity contribution < 1.29 is 9.47 Å². The van der Waals surface area contributed by atoms with Crippen LogP contribution in [-0.4, -0.2) is 64.4 Å². The Labute approximate surface area is 156 Å². The van der Waals surface area contributed by atoms with Gasteiger partial charge in [-0.3, -0.25) is 14.5 Å². The van der Waals surface area contributed by atoms with Gasteiger partial charge in [-0.25, -0.2) is 14.8 Å². The van der Waals surface area contributed by atoms with Crippen LogP contribution in [0.2, 0.25) is 0 Å². The number of hydrogen-bond acceptors (Lipinski definition) is 6. The predicted octanol–water partition coefficient (Wildman–Crippen LogP) is 1.52. The molecule has 0 spiro atoms. The first-order valence-corrected chi connectivity index (χ1v) is 9.15. The van der Waals surface area contributed by atoms with E-state index in [1.807, 2.05) is 24.3 Å². The average Bonchev–Trinajstić information content (AvgIpc) is 3.03. The van der Waals surface area contributed by atoms with Crippen LogP contribution in [0.25, 0.3) is 22.6 Å². The van der Waals surface area contributed by atoms with E-state index in [0.717, 1.165) is 50.6 Å². The minimum Gasteiger partial charge on any atom is -0.496 e. The molecule has 8 heteroatoms. The third kappa shape index (κ3) is 3.72. The van der Waals surface area contributed by atoms with Crippen LogP contribution in [0.1, 0.15) is 6.42 Å². The Morgan fingerprint density at radius 3 is 2.85 bits per heavy atom. The van der Waals surface area contributed by atoms with E-state index < -0.39 is 0 Å². The highest BCUT2D eigenvalue weighted by atomic mass is 16.5. The highest BCUT2D eigenvalue weighted by Crippen LogP contribution is 2.28. The van der Waals surface area contributed by atoms with Crippen molar-refractivity contribution in [1.29, 1.82) is 0 Å². The molecule has 0 unspecified atom stereocenters. The number of fused-ring (bicyclic) bond motifs is 1. The van der Waals surface area contributed by atoms with Gasteiger partial charge < -0.3 is 9.47 Å². The quantitative estimate of drug-likeness (QED) is 0.709. The van der Waals surface area contributed by atoms with Crippen molar-refractivity contribution >= 4 is 11.3 Å². The van der Waals surface area contributed by atoms with Crippen molar-refractivity contribution in [2.24, 2.45) is 0 Å². The topological polar surface area (TPSA) is 85.3 Å². The van der Waals surface area contributed by atoms with Gasteiger partial charge in [0.1, 0.15) is 5.75 Å². The number of nitrogens with one attached hydrogen (secondary N) is 1. The third-order valence-electron chi connectivity index (χ3n) is 4.82. The number of benzene rings is 1.